The van der Waals surface area contributed by atoms with Crippen LogP contribution >= 0.6 is 11.6 Å². The molecule has 0 aliphatic heterocycles. The zero-order valence-corrected chi connectivity index (χ0v) is 11.7. The summed E-state index contributed by atoms with van der Waals surface area (Å²) in [5.41, 5.74) is 1.02. The summed E-state index contributed by atoms with van der Waals surface area (Å²) in [6.07, 6.45) is 7.13. The second kappa shape index (κ2) is 6.34. The highest BCUT2D eigenvalue weighted by Crippen LogP contribution is 2.28. The molecule has 0 radical (unpaired) electrons. The topological polar surface area (TPSA) is 47.0 Å². The minimum atomic E-state index is 0.271. The minimum absolute atomic E-state index is 0.271. The number of hydrogen-bond donors (Lipinski definition) is 1. The van der Waals surface area contributed by atoms with E-state index in [-0.39, 0.29) is 6.10 Å². The first kappa shape index (κ1) is 13.6. The number of nitrogens with zero attached hydrogens (tertiary/aromatic N) is 2. The number of ether oxygens (including phenoxy) is 1. The highest BCUT2D eigenvalue weighted by atomic mass is 35.5. The van der Waals surface area contributed by atoms with Crippen LogP contribution in [0, 0.1) is 0 Å². The Morgan fingerprint density at radius 2 is 2.28 bits per heavy atom. The fraction of sp³-hybridized carbons (Fsp3) is 0.692. The van der Waals surface area contributed by atoms with E-state index in [0.717, 1.165) is 37.1 Å². The first-order valence-electron chi connectivity index (χ1n) is 6.55. The molecule has 2 unspecified atom stereocenters. The smallest absolute Gasteiger partial charge is 0.137 e. The lowest BCUT2D eigenvalue weighted by Crippen LogP contribution is -2.30. The van der Waals surface area contributed by atoms with E-state index in [9.17, 15) is 0 Å². The fourth-order valence-corrected chi connectivity index (χ4v) is 2.76. The number of anilines is 1. The van der Waals surface area contributed by atoms with Crippen molar-refractivity contribution in [3.63, 3.8) is 0 Å². The standard InChI is InChI=1S/C13H20ClN3O/c1-3-5-9-12(14)15-8-16-13(9)17-10-6-4-7-11(10)18-2/h8,10-11H,3-7H2,1-2H3,(H,15,16,17). The number of nitrogens with one attached hydrogen (secondary N) is 1. The van der Waals surface area contributed by atoms with Gasteiger partial charge in [-0.3, -0.25) is 0 Å². The maximum atomic E-state index is 6.14. The van der Waals surface area contributed by atoms with Gasteiger partial charge in [-0.15, -0.1) is 0 Å². The predicted octanol–water partition coefficient (Wildman–Crippen LogP) is 3.06. The molecular weight excluding hydrogens is 250 g/mol. The van der Waals surface area contributed by atoms with Crippen molar-refractivity contribution in [2.75, 3.05) is 12.4 Å². The molecule has 2 atom stereocenters. The fourth-order valence-electron chi connectivity index (χ4n) is 2.54. The largest absolute Gasteiger partial charge is 0.379 e. The second-order valence-corrected chi connectivity index (χ2v) is 5.06. The van der Waals surface area contributed by atoms with E-state index in [4.69, 9.17) is 16.3 Å². The third-order valence-corrected chi connectivity index (χ3v) is 3.80. The average molecular weight is 270 g/mol. The summed E-state index contributed by atoms with van der Waals surface area (Å²) in [4.78, 5) is 8.38. The Morgan fingerprint density at radius 3 is 3.00 bits per heavy atom. The van der Waals surface area contributed by atoms with Crippen LogP contribution in [0.3, 0.4) is 0 Å². The Balaban J connectivity index is 2.15. The molecule has 100 valence electrons. The molecule has 1 aromatic rings. The van der Waals surface area contributed by atoms with Crippen molar-refractivity contribution in [2.24, 2.45) is 0 Å². The maximum Gasteiger partial charge on any atom is 0.137 e. The van der Waals surface area contributed by atoms with Gasteiger partial charge in [0.2, 0.25) is 0 Å². The molecule has 0 aromatic carbocycles. The van der Waals surface area contributed by atoms with Crippen LogP contribution in [0.5, 0.6) is 0 Å². The van der Waals surface area contributed by atoms with E-state index in [2.05, 4.69) is 22.2 Å². The van der Waals surface area contributed by atoms with Crippen LogP contribution < -0.4 is 5.32 Å². The number of hydrogen-bond acceptors (Lipinski definition) is 4. The molecule has 0 bridgehead atoms. The van der Waals surface area contributed by atoms with Gasteiger partial charge < -0.3 is 10.1 Å². The molecule has 1 aliphatic carbocycles. The monoisotopic (exact) mass is 269 g/mol. The number of halogens is 1. The number of methoxy groups -OCH3 is 1. The summed E-state index contributed by atoms with van der Waals surface area (Å²) in [6.45, 7) is 2.13. The number of rotatable bonds is 5. The van der Waals surface area contributed by atoms with E-state index in [1.54, 1.807) is 7.11 Å². The van der Waals surface area contributed by atoms with Crippen molar-refractivity contribution in [1.82, 2.24) is 9.97 Å². The molecule has 18 heavy (non-hydrogen) atoms. The molecule has 2 rings (SSSR count). The van der Waals surface area contributed by atoms with Crippen LogP contribution in [0.1, 0.15) is 38.2 Å². The summed E-state index contributed by atoms with van der Waals surface area (Å²) in [6, 6.07) is 0.330. The molecule has 1 aliphatic rings. The Hall–Kier alpha value is -0.870. The van der Waals surface area contributed by atoms with Gasteiger partial charge in [0.25, 0.3) is 0 Å². The zero-order valence-electron chi connectivity index (χ0n) is 10.9. The molecule has 1 aromatic heterocycles. The molecular formula is C13H20ClN3O. The Morgan fingerprint density at radius 1 is 1.44 bits per heavy atom. The Labute approximate surface area is 113 Å². The van der Waals surface area contributed by atoms with E-state index in [0.29, 0.717) is 11.2 Å². The van der Waals surface area contributed by atoms with Gasteiger partial charge in [0.15, 0.2) is 0 Å². The normalized spacial score (nSPS) is 23.3. The van der Waals surface area contributed by atoms with Crippen molar-refractivity contribution < 1.29 is 4.74 Å². The zero-order chi connectivity index (χ0) is 13.0. The lowest BCUT2D eigenvalue weighted by molar-refractivity contribution is 0.101. The van der Waals surface area contributed by atoms with Gasteiger partial charge in [-0.1, -0.05) is 24.9 Å². The molecule has 1 saturated carbocycles. The third kappa shape index (κ3) is 2.93. The SMILES string of the molecule is CCCc1c(Cl)ncnc1NC1CCCC1OC. The van der Waals surface area contributed by atoms with Gasteiger partial charge >= 0.3 is 0 Å². The van der Waals surface area contributed by atoms with E-state index in [1.165, 1.54) is 12.7 Å². The molecule has 0 saturated heterocycles. The van der Waals surface area contributed by atoms with Gasteiger partial charge in [0, 0.05) is 12.7 Å². The summed E-state index contributed by atoms with van der Waals surface area (Å²) >= 11 is 6.14. The average Bonchev–Trinajstić information content (AvgIpc) is 2.81. The Bertz CT molecular complexity index is 400. The molecule has 0 spiro atoms. The van der Waals surface area contributed by atoms with Gasteiger partial charge in [0.1, 0.15) is 17.3 Å². The lowest BCUT2D eigenvalue weighted by atomic mass is 10.1. The highest BCUT2D eigenvalue weighted by Gasteiger charge is 2.28. The van der Waals surface area contributed by atoms with E-state index < -0.39 is 0 Å². The predicted molar refractivity (Wildman–Crippen MR) is 73.1 cm³/mol. The van der Waals surface area contributed by atoms with Gasteiger partial charge in [-0.25, -0.2) is 9.97 Å². The maximum absolute atomic E-state index is 6.14. The molecule has 1 N–H and O–H groups in total. The molecule has 1 heterocycles. The third-order valence-electron chi connectivity index (χ3n) is 3.47. The van der Waals surface area contributed by atoms with Crippen LogP contribution in [-0.4, -0.2) is 29.2 Å². The number of aromatic nitrogens is 2. The van der Waals surface area contributed by atoms with Crippen molar-refractivity contribution in [2.45, 2.75) is 51.2 Å². The highest BCUT2D eigenvalue weighted by molar-refractivity contribution is 6.30. The summed E-state index contributed by atoms with van der Waals surface area (Å²) in [7, 11) is 1.77. The second-order valence-electron chi connectivity index (χ2n) is 4.70. The van der Waals surface area contributed by atoms with Gasteiger partial charge in [-0.2, -0.15) is 0 Å². The molecule has 4 nitrogen and oxygen atoms in total. The van der Waals surface area contributed by atoms with Crippen molar-refractivity contribution in [3.8, 4) is 0 Å². The van der Waals surface area contributed by atoms with Gasteiger partial charge in [-0.05, 0) is 25.7 Å². The molecule has 0 amide bonds. The van der Waals surface area contributed by atoms with Gasteiger partial charge in [0.05, 0.1) is 12.1 Å². The summed E-state index contributed by atoms with van der Waals surface area (Å²) in [5, 5.41) is 4.03. The van der Waals surface area contributed by atoms with Crippen LogP contribution in [0.2, 0.25) is 5.15 Å². The van der Waals surface area contributed by atoms with Crippen molar-refractivity contribution in [1.29, 1.82) is 0 Å². The quantitative estimate of drug-likeness (QED) is 0.835. The van der Waals surface area contributed by atoms with Crippen LogP contribution in [0.15, 0.2) is 6.33 Å². The van der Waals surface area contributed by atoms with E-state index in [1.807, 2.05) is 0 Å². The summed E-state index contributed by atoms with van der Waals surface area (Å²) < 4.78 is 5.49. The Kier molecular flexibility index (Phi) is 4.78. The molecule has 1 fully saturated rings. The van der Waals surface area contributed by atoms with E-state index >= 15 is 0 Å². The first-order chi connectivity index (χ1) is 8.76. The summed E-state index contributed by atoms with van der Waals surface area (Å²) in [5.74, 6) is 0.866. The van der Waals surface area contributed by atoms with Crippen LogP contribution in [0.4, 0.5) is 5.82 Å². The minimum Gasteiger partial charge on any atom is -0.379 e. The van der Waals surface area contributed by atoms with Crippen LogP contribution in [0.25, 0.3) is 0 Å². The van der Waals surface area contributed by atoms with Crippen molar-refractivity contribution >= 4 is 17.4 Å². The first-order valence-corrected chi connectivity index (χ1v) is 6.92. The van der Waals surface area contributed by atoms with Crippen LogP contribution in [-0.2, 0) is 11.2 Å². The van der Waals surface area contributed by atoms with Crippen molar-refractivity contribution in [3.05, 3.63) is 17.0 Å². The lowest BCUT2D eigenvalue weighted by Gasteiger charge is -2.21. The molecule has 5 heteroatoms.